The molecule has 0 heterocycles. The number of hydrogen-bond acceptors (Lipinski definition) is 3. The Kier molecular flexibility index (Phi) is 5.07. The van der Waals surface area contributed by atoms with Crippen molar-refractivity contribution in [2.45, 2.75) is 6.42 Å². The summed E-state index contributed by atoms with van der Waals surface area (Å²) in [5.74, 6) is 1.23. The predicted molar refractivity (Wildman–Crippen MR) is 66.5 cm³/mol. The molecular formula is C13H17NO3. The third kappa shape index (κ3) is 3.83. The molecule has 1 amide bonds. The second kappa shape index (κ2) is 6.58. The predicted octanol–water partition coefficient (Wildman–Crippen LogP) is 1.55. The van der Waals surface area contributed by atoms with Gasteiger partial charge in [0.2, 0.25) is 5.91 Å². The molecule has 1 N–H and O–H groups in total. The van der Waals surface area contributed by atoms with E-state index in [1.54, 1.807) is 14.2 Å². The van der Waals surface area contributed by atoms with Gasteiger partial charge in [-0.25, -0.2) is 0 Å². The van der Waals surface area contributed by atoms with E-state index in [1.165, 1.54) is 6.08 Å². The van der Waals surface area contributed by atoms with E-state index in [4.69, 9.17) is 9.47 Å². The number of benzene rings is 1. The number of methoxy groups -OCH3 is 2. The van der Waals surface area contributed by atoms with E-state index in [9.17, 15) is 4.79 Å². The zero-order valence-corrected chi connectivity index (χ0v) is 10.2. The van der Waals surface area contributed by atoms with Gasteiger partial charge in [-0.15, -0.1) is 0 Å². The van der Waals surface area contributed by atoms with Crippen molar-refractivity contribution >= 4 is 5.91 Å². The van der Waals surface area contributed by atoms with Crippen LogP contribution in [0.4, 0.5) is 0 Å². The van der Waals surface area contributed by atoms with Crippen LogP contribution in [0.5, 0.6) is 11.5 Å². The number of carbonyl (C=O) groups excluding carboxylic acids is 1. The van der Waals surface area contributed by atoms with E-state index < -0.39 is 0 Å². The Bertz CT molecular complexity index is 402. The van der Waals surface area contributed by atoms with Gasteiger partial charge in [-0.3, -0.25) is 4.79 Å². The molecule has 1 rings (SSSR count). The topological polar surface area (TPSA) is 47.6 Å². The van der Waals surface area contributed by atoms with Gasteiger partial charge in [0.1, 0.15) is 0 Å². The SMILES string of the molecule is C=CC(=O)NCCc1ccc(OC)c(OC)c1. The number of rotatable bonds is 6. The highest BCUT2D eigenvalue weighted by molar-refractivity contribution is 5.86. The molecule has 0 unspecified atom stereocenters. The van der Waals surface area contributed by atoms with Crippen LogP contribution in [0.15, 0.2) is 30.9 Å². The smallest absolute Gasteiger partial charge is 0.243 e. The molecular weight excluding hydrogens is 218 g/mol. The van der Waals surface area contributed by atoms with Gasteiger partial charge in [0.15, 0.2) is 11.5 Å². The van der Waals surface area contributed by atoms with Crippen LogP contribution >= 0.6 is 0 Å². The fourth-order valence-corrected chi connectivity index (χ4v) is 1.44. The third-order valence-electron chi connectivity index (χ3n) is 2.35. The molecule has 0 aliphatic carbocycles. The van der Waals surface area contributed by atoms with Gasteiger partial charge in [-0.1, -0.05) is 12.6 Å². The Morgan fingerprint density at radius 2 is 2.06 bits per heavy atom. The normalized spacial score (nSPS) is 9.53. The maximum atomic E-state index is 11.0. The summed E-state index contributed by atoms with van der Waals surface area (Å²) in [7, 11) is 3.20. The van der Waals surface area contributed by atoms with Crippen LogP contribution < -0.4 is 14.8 Å². The molecule has 0 bridgehead atoms. The molecule has 4 heteroatoms. The van der Waals surface area contributed by atoms with Crippen molar-refractivity contribution in [3.05, 3.63) is 36.4 Å². The first-order valence-corrected chi connectivity index (χ1v) is 5.32. The molecule has 0 spiro atoms. The molecule has 0 saturated carbocycles. The molecule has 0 fully saturated rings. The van der Waals surface area contributed by atoms with Gasteiger partial charge in [-0.05, 0) is 30.2 Å². The molecule has 0 aliphatic rings. The molecule has 92 valence electrons. The molecule has 0 atom stereocenters. The summed E-state index contributed by atoms with van der Waals surface area (Å²) in [5, 5.41) is 2.72. The zero-order chi connectivity index (χ0) is 12.7. The Hall–Kier alpha value is -1.97. The Morgan fingerprint density at radius 1 is 1.35 bits per heavy atom. The molecule has 0 aromatic heterocycles. The largest absolute Gasteiger partial charge is 0.493 e. The van der Waals surface area contributed by atoms with Gasteiger partial charge < -0.3 is 14.8 Å². The van der Waals surface area contributed by atoms with Crippen LogP contribution in [0.1, 0.15) is 5.56 Å². The van der Waals surface area contributed by atoms with Crippen LogP contribution in [0.25, 0.3) is 0 Å². The van der Waals surface area contributed by atoms with E-state index >= 15 is 0 Å². The number of hydrogen-bond donors (Lipinski definition) is 1. The summed E-state index contributed by atoms with van der Waals surface area (Å²) in [6, 6.07) is 5.70. The number of nitrogens with one attached hydrogen (secondary N) is 1. The Balaban J connectivity index is 2.60. The van der Waals surface area contributed by atoms with E-state index in [1.807, 2.05) is 18.2 Å². The first kappa shape index (κ1) is 13.1. The average molecular weight is 235 g/mol. The van der Waals surface area contributed by atoms with E-state index in [0.717, 1.165) is 12.0 Å². The van der Waals surface area contributed by atoms with Crippen LogP contribution in [0, 0.1) is 0 Å². The van der Waals surface area contributed by atoms with Crippen molar-refractivity contribution in [3.63, 3.8) is 0 Å². The van der Waals surface area contributed by atoms with Gasteiger partial charge in [0.05, 0.1) is 14.2 Å². The van der Waals surface area contributed by atoms with E-state index in [0.29, 0.717) is 18.0 Å². The summed E-state index contributed by atoms with van der Waals surface area (Å²) in [6.45, 7) is 3.96. The van der Waals surface area contributed by atoms with E-state index in [2.05, 4.69) is 11.9 Å². The van der Waals surface area contributed by atoms with Crippen molar-refractivity contribution in [3.8, 4) is 11.5 Å². The molecule has 17 heavy (non-hydrogen) atoms. The molecule has 4 nitrogen and oxygen atoms in total. The van der Waals surface area contributed by atoms with Gasteiger partial charge in [0.25, 0.3) is 0 Å². The van der Waals surface area contributed by atoms with Gasteiger partial charge in [0, 0.05) is 6.54 Å². The Labute approximate surface area is 101 Å². The molecule has 0 radical (unpaired) electrons. The first-order valence-electron chi connectivity index (χ1n) is 5.32. The maximum absolute atomic E-state index is 11.0. The summed E-state index contributed by atoms with van der Waals surface area (Å²) in [6.07, 6.45) is 1.99. The third-order valence-corrected chi connectivity index (χ3v) is 2.35. The van der Waals surface area contributed by atoms with Crippen LogP contribution in [-0.2, 0) is 11.2 Å². The number of carbonyl (C=O) groups is 1. The highest BCUT2D eigenvalue weighted by Crippen LogP contribution is 2.27. The van der Waals surface area contributed by atoms with Gasteiger partial charge >= 0.3 is 0 Å². The molecule has 0 aliphatic heterocycles. The van der Waals surface area contributed by atoms with Crippen LogP contribution in [-0.4, -0.2) is 26.7 Å². The minimum Gasteiger partial charge on any atom is -0.493 e. The maximum Gasteiger partial charge on any atom is 0.243 e. The minimum absolute atomic E-state index is 0.162. The second-order valence-corrected chi connectivity index (χ2v) is 3.43. The van der Waals surface area contributed by atoms with Crippen molar-refractivity contribution in [1.29, 1.82) is 0 Å². The number of ether oxygens (including phenoxy) is 2. The first-order chi connectivity index (χ1) is 8.21. The lowest BCUT2D eigenvalue weighted by Gasteiger charge is -2.09. The summed E-state index contributed by atoms with van der Waals surface area (Å²) < 4.78 is 10.3. The lowest BCUT2D eigenvalue weighted by molar-refractivity contribution is -0.116. The summed E-state index contributed by atoms with van der Waals surface area (Å²) in [4.78, 5) is 11.0. The Morgan fingerprint density at radius 3 is 2.65 bits per heavy atom. The standard InChI is InChI=1S/C13H17NO3/c1-4-13(15)14-8-7-10-5-6-11(16-2)12(9-10)17-3/h4-6,9H,1,7-8H2,2-3H3,(H,14,15). The van der Waals surface area contributed by atoms with Crippen molar-refractivity contribution in [2.75, 3.05) is 20.8 Å². The minimum atomic E-state index is -0.162. The average Bonchev–Trinajstić information content (AvgIpc) is 2.38. The number of amides is 1. The highest BCUT2D eigenvalue weighted by Gasteiger charge is 2.04. The van der Waals surface area contributed by atoms with Crippen molar-refractivity contribution < 1.29 is 14.3 Å². The molecule has 1 aromatic carbocycles. The highest BCUT2D eigenvalue weighted by atomic mass is 16.5. The van der Waals surface area contributed by atoms with Crippen molar-refractivity contribution in [2.24, 2.45) is 0 Å². The summed E-state index contributed by atoms with van der Waals surface area (Å²) in [5.41, 5.74) is 1.08. The summed E-state index contributed by atoms with van der Waals surface area (Å²) >= 11 is 0. The zero-order valence-electron chi connectivity index (χ0n) is 10.2. The fraction of sp³-hybridized carbons (Fsp3) is 0.308. The van der Waals surface area contributed by atoms with Crippen LogP contribution in [0.3, 0.4) is 0 Å². The fourth-order valence-electron chi connectivity index (χ4n) is 1.44. The second-order valence-electron chi connectivity index (χ2n) is 3.43. The van der Waals surface area contributed by atoms with E-state index in [-0.39, 0.29) is 5.91 Å². The lowest BCUT2D eigenvalue weighted by atomic mass is 10.1. The van der Waals surface area contributed by atoms with Gasteiger partial charge in [-0.2, -0.15) is 0 Å². The van der Waals surface area contributed by atoms with Crippen molar-refractivity contribution in [1.82, 2.24) is 5.32 Å². The molecule has 1 aromatic rings. The quantitative estimate of drug-likeness (QED) is 0.761. The lowest BCUT2D eigenvalue weighted by Crippen LogP contribution is -2.23. The molecule has 0 saturated heterocycles. The monoisotopic (exact) mass is 235 g/mol. The van der Waals surface area contributed by atoms with Crippen LogP contribution in [0.2, 0.25) is 0 Å².